The third-order valence-corrected chi connectivity index (χ3v) is 10.3. The number of benzene rings is 8. The summed E-state index contributed by atoms with van der Waals surface area (Å²) in [5, 5.41) is 12.9. The molecule has 0 spiro atoms. The number of para-hydroxylation sites is 3. The minimum Gasteiger partial charge on any atom is -0.456 e. The Balaban J connectivity index is 1.06. The average Bonchev–Trinajstić information content (AvgIpc) is 3.79. The molecule has 1 atom stereocenters. The molecule has 0 fully saturated rings. The van der Waals surface area contributed by atoms with Gasteiger partial charge in [-0.3, -0.25) is 0 Å². The summed E-state index contributed by atoms with van der Waals surface area (Å²) in [5.41, 5.74) is 8.56. The van der Waals surface area contributed by atoms with E-state index in [0.717, 1.165) is 77.5 Å². The van der Waals surface area contributed by atoms with Crippen LogP contribution in [0.5, 0.6) is 0 Å². The summed E-state index contributed by atoms with van der Waals surface area (Å²) in [6.07, 6.45) is -0.430. The molecule has 2 aromatic heterocycles. The smallest absolute Gasteiger partial charge is 0.159 e. The van der Waals surface area contributed by atoms with Crippen LogP contribution in [0.15, 0.2) is 183 Å². The highest BCUT2D eigenvalue weighted by atomic mass is 16.3. The number of hydrogen-bond acceptors (Lipinski definition) is 5. The molecule has 1 aliphatic heterocycles. The SMILES string of the molecule is c1ccc2c(c1)ccc1ccc(C3=NC(c4ccc(-c5cccc6oc7ccccc7c56)cc4)=NC(c4cccc5c4oc4ccccc45)N3)cc12. The van der Waals surface area contributed by atoms with Crippen molar-refractivity contribution in [3.8, 4) is 11.1 Å². The highest BCUT2D eigenvalue weighted by Crippen LogP contribution is 2.38. The van der Waals surface area contributed by atoms with E-state index >= 15 is 0 Å². The summed E-state index contributed by atoms with van der Waals surface area (Å²) in [6, 6.07) is 56.9. The van der Waals surface area contributed by atoms with E-state index < -0.39 is 6.17 Å². The van der Waals surface area contributed by atoms with E-state index in [1.54, 1.807) is 0 Å². The van der Waals surface area contributed by atoms with Crippen molar-refractivity contribution < 1.29 is 8.83 Å². The molecule has 0 radical (unpaired) electrons. The zero-order valence-corrected chi connectivity index (χ0v) is 27.9. The van der Waals surface area contributed by atoms with Gasteiger partial charge in [-0.25, -0.2) is 9.98 Å². The van der Waals surface area contributed by atoms with Crippen molar-refractivity contribution in [2.24, 2.45) is 9.98 Å². The molecular formula is C47H29N3O2. The summed E-state index contributed by atoms with van der Waals surface area (Å²) >= 11 is 0. The molecule has 0 aliphatic carbocycles. The highest BCUT2D eigenvalue weighted by molar-refractivity contribution is 6.17. The molecule has 0 saturated carbocycles. The molecule has 5 nitrogen and oxygen atoms in total. The average molecular weight is 668 g/mol. The fraction of sp³-hybridized carbons (Fsp3) is 0.0213. The minimum atomic E-state index is -0.430. The molecule has 1 aliphatic rings. The maximum Gasteiger partial charge on any atom is 0.159 e. The molecule has 3 heterocycles. The number of hydrogen-bond donors (Lipinski definition) is 1. The molecule has 8 aromatic carbocycles. The summed E-state index contributed by atoms with van der Waals surface area (Å²) in [6.45, 7) is 0. The second-order valence-corrected chi connectivity index (χ2v) is 13.4. The van der Waals surface area contributed by atoms with Gasteiger partial charge in [0, 0.05) is 38.2 Å². The molecule has 10 aromatic rings. The van der Waals surface area contributed by atoms with Crippen LogP contribution in [0.2, 0.25) is 0 Å². The number of aliphatic imine (C=N–C) groups is 2. The number of nitrogens with one attached hydrogen (secondary N) is 1. The number of nitrogens with zero attached hydrogens (tertiary/aromatic N) is 2. The lowest BCUT2D eigenvalue weighted by atomic mass is 9.98. The van der Waals surface area contributed by atoms with Gasteiger partial charge in [0.1, 0.15) is 28.2 Å². The van der Waals surface area contributed by atoms with E-state index in [1.807, 2.05) is 36.4 Å². The molecule has 244 valence electrons. The predicted octanol–water partition coefficient (Wildman–Crippen LogP) is 12.0. The third kappa shape index (κ3) is 4.49. The molecule has 0 saturated heterocycles. The fourth-order valence-electron chi connectivity index (χ4n) is 7.83. The van der Waals surface area contributed by atoms with Crippen LogP contribution >= 0.6 is 0 Å². The van der Waals surface area contributed by atoms with Crippen LogP contribution in [-0.4, -0.2) is 11.7 Å². The van der Waals surface area contributed by atoms with Gasteiger partial charge in [0.25, 0.3) is 0 Å². The Morgan fingerprint density at radius 2 is 1.10 bits per heavy atom. The summed E-state index contributed by atoms with van der Waals surface area (Å²) in [7, 11) is 0. The Kier molecular flexibility index (Phi) is 6.25. The zero-order chi connectivity index (χ0) is 34.2. The van der Waals surface area contributed by atoms with Gasteiger partial charge in [-0.15, -0.1) is 0 Å². The molecule has 52 heavy (non-hydrogen) atoms. The number of amidine groups is 2. The highest BCUT2D eigenvalue weighted by Gasteiger charge is 2.25. The maximum atomic E-state index is 6.49. The number of furan rings is 2. The summed E-state index contributed by atoms with van der Waals surface area (Å²) < 4.78 is 12.7. The minimum absolute atomic E-state index is 0.430. The largest absolute Gasteiger partial charge is 0.456 e. The standard InChI is InChI=1S/C47H29N3O2/c1-2-10-33-28(9-1)19-20-30-23-26-32(27-39(30)33)46-48-45(49-47(50-46)38-15-7-14-36-35-11-3-5-16-40(35)52-44(36)38)31-24-21-29(22-25-31)34-13-8-18-42-43(34)37-12-4-6-17-41(37)51-42/h1-27,47H,(H,48,49,50). The van der Waals surface area contributed by atoms with E-state index in [4.69, 9.17) is 18.8 Å². The van der Waals surface area contributed by atoms with Crippen molar-refractivity contribution in [3.05, 3.63) is 180 Å². The van der Waals surface area contributed by atoms with Gasteiger partial charge < -0.3 is 14.2 Å². The van der Waals surface area contributed by atoms with E-state index in [2.05, 4.69) is 133 Å². The quantitative estimate of drug-likeness (QED) is 0.190. The summed E-state index contributed by atoms with van der Waals surface area (Å²) in [4.78, 5) is 10.5. The van der Waals surface area contributed by atoms with E-state index in [9.17, 15) is 0 Å². The third-order valence-electron chi connectivity index (χ3n) is 10.3. The lowest BCUT2D eigenvalue weighted by Crippen LogP contribution is -2.33. The van der Waals surface area contributed by atoms with Crippen LogP contribution in [0, 0.1) is 0 Å². The van der Waals surface area contributed by atoms with Gasteiger partial charge in [0.2, 0.25) is 0 Å². The van der Waals surface area contributed by atoms with Crippen molar-refractivity contribution in [2.45, 2.75) is 6.17 Å². The van der Waals surface area contributed by atoms with E-state index in [0.29, 0.717) is 5.84 Å². The first-order valence-corrected chi connectivity index (χ1v) is 17.5. The van der Waals surface area contributed by atoms with E-state index in [1.165, 1.54) is 21.5 Å². The lowest BCUT2D eigenvalue weighted by Gasteiger charge is -2.24. The van der Waals surface area contributed by atoms with Gasteiger partial charge >= 0.3 is 0 Å². The van der Waals surface area contributed by atoms with Crippen molar-refractivity contribution in [1.29, 1.82) is 0 Å². The van der Waals surface area contributed by atoms with E-state index in [-0.39, 0.29) is 0 Å². The Morgan fingerprint density at radius 3 is 1.96 bits per heavy atom. The van der Waals surface area contributed by atoms with Crippen LogP contribution in [0.4, 0.5) is 0 Å². The van der Waals surface area contributed by atoms with Gasteiger partial charge in [-0.2, -0.15) is 0 Å². The normalized spacial score (nSPS) is 14.7. The Labute approximate surface area is 298 Å². The molecular weight excluding hydrogens is 639 g/mol. The van der Waals surface area contributed by atoms with Gasteiger partial charge in [-0.1, -0.05) is 140 Å². The van der Waals surface area contributed by atoms with Crippen LogP contribution in [0.1, 0.15) is 22.9 Å². The monoisotopic (exact) mass is 667 g/mol. The van der Waals surface area contributed by atoms with Gasteiger partial charge in [0.05, 0.1) is 0 Å². The predicted molar refractivity (Wildman–Crippen MR) is 213 cm³/mol. The molecule has 1 N–H and O–H groups in total. The first-order valence-electron chi connectivity index (χ1n) is 17.5. The lowest BCUT2D eigenvalue weighted by molar-refractivity contribution is 0.628. The molecule has 0 bridgehead atoms. The van der Waals surface area contributed by atoms with Gasteiger partial charge in [0.15, 0.2) is 12.0 Å². The second kappa shape index (κ2) is 11.3. The maximum absolute atomic E-state index is 6.49. The van der Waals surface area contributed by atoms with Crippen molar-refractivity contribution in [2.75, 3.05) is 0 Å². The Bertz CT molecular complexity index is 3110. The molecule has 5 heteroatoms. The van der Waals surface area contributed by atoms with Crippen LogP contribution in [0.25, 0.3) is 76.5 Å². The van der Waals surface area contributed by atoms with Gasteiger partial charge in [-0.05, 0) is 56.9 Å². The first-order chi connectivity index (χ1) is 25.7. The Morgan fingerprint density at radius 1 is 0.462 bits per heavy atom. The zero-order valence-electron chi connectivity index (χ0n) is 27.9. The Hall–Kier alpha value is -6.98. The molecule has 0 amide bonds. The second-order valence-electron chi connectivity index (χ2n) is 13.4. The molecule has 11 rings (SSSR count). The number of fused-ring (bicyclic) bond motifs is 9. The van der Waals surface area contributed by atoms with Crippen LogP contribution < -0.4 is 5.32 Å². The van der Waals surface area contributed by atoms with Crippen LogP contribution in [-0.2, 0) is 0 Å². The first kappa shape index (κ1) is 28.8. The van der Waals surface area contributed by atoms with Crippen molar-refractivity contribution in [1.82, 2.24) is 5.32 Å². The fourth-order valence-corrected chi connectivity index (χ4v) is 7.83. The van der Waals surface area contributed by atoms with Crippen molar-refractivity contribution >= 4 is 77.1 Å². The van der Waals surface area contributed by atoms with Crippen molar-refractivity contribution in [3.63, 3.8) is 0 Å². The number of rotatable bonds is 4. The summed E-state index contributed by atoms with van der Waals surface area (Å²) in [5.74, 6) is 1.42. The topological polar surface area (TPSA) is 63.0 Å². The molecule has 1 unspecified atom stereocenters. The van der Waals surface area contributed by atoms with Crippen LogP contribution in [0.3, 0.4) is 0 Å².